The fraction of sp³-hybridized carbons (Fsp3) is 0.290. The molecule has 1 aliphatic rings. The quantitative estimate of drug-likeness (QED) is 0.211. The number of fused-ring (bicyclic) bond motifs is 2. The largest absolute Gasteiger partial charge is 0.347 e. The van der Waals surface area contributed by atoms with Gasteiger partial charge in [-0.2, -0.15) is 5.06 Å². The van der Waals surface area contributed by atoms with E-state index in [1.54, 1.807) is 15.9 Å². The van der Waals surface area contributed by atoms with Crippen LogP contribution in [0.2, 0.25) is 0 Å². The minimum Gasteiger partial charge on any atom is -0.315 e. The molecule has 1 unspecified atom stereocenters. The van der Waals surface area contributed by atoms with Gasteiger partial charge in [0, 0.05) is 17.3 Å². The van der Waals surface area contributed by atoms with E-state index >= 15 is 0 Å². The molecule has 1 fully saturated rings. The first kappa shape index (κ1) is 25.5. The molecule has 7 heteroatoms. The second-order valence-corrected chi connectivity index (χ2v) is 10.8. The number of benzene rings is 4. The zero-order chi connectivity index (χ0) is 27.0. The summed E-state index contributed by atoms with van der Waals surface area (Å²) in [7, 11) is 0. The number of carbonyl (C=O) groups excluding carboxylic acids is 2. The smallest absolute Gasteiger partial charge is 0.315 e. The van der Waals surface area contributed by atoms with E-state index in [0.717, 1.165) is 28.0 Å². The van der Waals surface area contributed by atoms with Gasteiger partial charge >= 0.3 is 12.1 Å². The van der Waals surface area contributed by atoms with E-state index in [1.807, 2.05) is 92.7 Å². The second kappa shape index (κ2) is 9.99. The maximum Gasteiger partial charge on any atom is 0.347 e. The first-order chi connectivity index (χ1) is 18.2. The summed E-state index contributed by atoms with van der Waals surface area (Å²) < 4.78 is 0. The average Bonchev–Trinajstić information content (AvgIpc) is 3.10. The van der Waals surface area contributed by atoms with Gasteiger partial charge in [0.05, 0.1) is 16.9 Å². The lowest BCUT2D eigenvalue weighted by Gasteiger charge is -2.38. The van der Waals surface area contributed by atoms with Crippen molar-refractivity contribution in [3.05, 3.63) is 84.9 Å². The molecule has 5 rings (SSSR count). The molecule has 0 aromatic heterocycles. The molecule has 0 saturated carbocycles. The van der Waals surface area contributed by atoms with Crippen LogP contribution < -0.4 is 10.2 Å². The molecule has 4 amide bonds. The van der Waals surface area contributed by atoms with Gasteiger partial charge in [0.25, 0.3) is 0 Å². The van der Waals surface area contributed by atoms with Crippen LogP contribution in [0.4, 0.5) is 21.0 Å². The highest BCUT2D eigenvalue weighted by Crippen LogP contribution is 2.41. The van der Waals surface area contributed by atoms with E-state index in [0.29, 0.717) is 28.9 Å². The Hall–Kier alpha value is -4.10. The van der Waals surface area contributed by atoms with Crippen LogP contribution in [0.1, 0.15) is 34.1 Å². The molecule has 0 spiro atoms. The van der Waals surface area contributed by atoms with Crippen LogP contribution in [0.15, 0.2) is 84.9 Å². The third kappa shape index (κ3) is 4.43. The summed E-state index contributed by atoms with van der Waals surface area (Å²) in [6, 6.07) is 26.0. The molecule has 1 saturated heterocycles. The Bertz CT molecular complexity index is 1490. The van der Waals surface area contributed by atoms with Crippen LogP contribution in [0.3, 0.4) is 0 Å². The van der Waals surface area contributed by atoms with Crippen molar-refractivity contribution in [1.82, 2.24) is 9.96 Å². The van der Waals surface area contributed by atoms with Crippen molar-refractivity contribution >= 4 is 45.0 Å². The summed E-state index contributed by atoms with van der Waals surface area (Å²) >= 11 is 0. The molecular formula is C31H34N4O3. The summed E-state index contributed by atoms with van der Waals surface area (Å²) in [5, 5.41) is 18.7. The highest BCUT2D eigenvalue weighted by Gasteiger charge is 2.56. The topological polar surface area (TPSA) is 76.1 Å². The van der Waals surface area contributed by atoms with E-state index in [1.165, 1.54) is 0 Å². The highest BCUT2D eigenvalue weighted by molar-refractivity contribution is 6.06. The summed E-state index contributed by atoms with van der Waals surface area (Å²) in [5.74, 6) is 0.392. The standard InChI is InChI=1S/C31H34N4O3/c1-21(2)19-20-33-30(37)34(27-18-10-14-23-12-6-8-16-25(23)27)28(31(33,3)4)35(38)29(36)32-26-17-9-13-22-11-5-7-15-24(22)26/h5-18,21,28,38H,19-20H2,1-4H3,(H,32,36). The lowest BCUT2D eigenvalue weighted by Crippen LogP contribution is -2.58. The Morgan fingerprint density at radius 1 is 0.921 bits per heavy atom. The molecule has 0 bridgehead atoms. The van der Waals surface area contributed by atoms with Gasteiger partial charge in [-0.15, -0.1) is 0 Å². The number of nitrogens with zero attached hydrogens (tertiary/aromatic N) is 3. The highest BCUT2D eigenvalue weighted by atomic mass is 16.5. The van der Waals surface area contributed by atoms with Crippen molar-refractivity contribution in [1.29, 1.82) is 0 Å². The fourth-order valence-electron chi connectivity index (χ4n) is 5.39. The second-order valence-electron chi connectivity index (χ2n) is 10.8. The molecular weight excluding hydrogens is 476 g/mol. The lowest BCUT2D eigenvalue weighted by molar-refractivity contribution is -0.0949. The summed E-state index contributed by atoms with van der Waals surface area (Å²) in [4.78, 5) is 30.9. The van der Waals surface area contributed by atoms with E-state index in [4.69, 9.17) is 0 Å². The summed E-state index contributed by atoms with van der Waals surface area (Å²) in [6.07, 6.45) is -0.165. The van der Waals surface area contributed by atoms with Crippen molar-refractivity contribution in [2.75, 3.05) is 16.8 Å². The molecule has 38 heavy (non-hydrogen) atoms. The molecule has 0 radical (unpaired) electrons. The molecule has 7 nitrogen and oxygen atoms in total. The van der Waals surface area contributed by atoms with Crippen LogP contribution in [0.25, 0.3) is 21.5 Å². The van der Waals surface area contributed by atoms with Crippen LogP contribution >= 0.6 is 0 Å². The number of hydrogen-bond donors (Lipinski definition) is 2. The van der Waals surface area contributed by atoms with Gasteiger partial charge in [0.1, 0.15) is 0 Å². The Morgan fingerprint density at radius 2 is 1.50 bits per heavy atom. The Labute approximate surface area is 223 Å². The van der Waals surface area contributed by atoms with Crippen LogP contribution in [-0.4, -0.2) is 45.5 Å². The van der Waals surface area contributed by atoms with Crippen molar-refractivity contribution < 1.29 is 14.8 Å². The van der Waals surface area contributed by atoms with Gasteiger partial charge in [-0.25, -0.2) is 9.59 Å². The number of nitrogens with one attached hydrogen (secondary N) is 1. The van der Waals surface area contributed by atoms with Gasteiger partial charge in [-0.1, -0.05) is 86.6 Å². The van der Waals surface area contributed by atoms with Crippen molar-refractivity contribution in [2.24, 2.45) is 5.92 Å². The summed E-state index contributed by atoms with van der Waals surface area (Å²) in [6.45, 7) is 8.54. The van der Waals surface area contributed by atoms with Gasteiger partial charge in [0.2, 0.25) is 0 Å². The molecule has 4 aromatic carbocycles. The van der Waals surface area contributed by atoms with E-state index < -0.39 is 17.7 Å². The Morgan fingerprint density at radius 3 is 2.18 bits per heavy atom. The maximum absolute atomic E-state index is 14.0. The third-order valence-electron chi connectivity index (χ3n) is 7.44. The molecule has 4 aromatic rings. The number of carbonyl (C=O) groups is 2. The molecule has 1 aliphatic heterocycles. The zero-order valence-electron chi connectivity index (χ0n) is 22.3. The number of hydrogen-bond acceptors (Lipinski definition) is 3. The van der Waals surface area contributed by atoms with Crippen LogP contribution in [0, 0.1) is 5.92 Å². The van der Waals surface area contributed by atoms with Gasteiger partial charge in [0.15, 0.2) is 6.17 Å². The first-order valence-electron chi connectivity index (χ1n) is 13.1. The van der Waals surface area contributed by atoms with Gasteiger partial charge in [-0.3, -0.25) is 10.1 Å². The zero-order valence-corrected chi connectivity index (χ0v) is 22.3. The van der Waals surface area contributed by atoms with E-state index in [2.05, 4.69) is 19.2 Å². The number of urea groups is 2. The number of rotatable bonds is 6. The predicted octanol–water partition coefficient (Wildman–Crippen LogP) is 7.31. The van der Waals surface area contributed by atoms with E-state index in [-0.39, 0.29) is 6.03 Å². The molecule has 2 N–H and O–H groups in total. The number of amides is 4. The van der Waals surface area contributed by atoms with Crippen molar-refractivity contribution in [3.63, 3.8) is 0 Å². The fourth-order valence-corrected chi connectivity index (χ4v) is 5.39. The first-order valence-corrected chi connectivity index (χ1v) is 13.1. The predicted molar refractivity (Wildman–Crippen MR) is 152 cm³/mol. The van der Waals surface area contributed by atoms with E-state index in [9.17, 15) is 14.8 Å². The normalized spacial score (nSPS) is 17.0. The molecule has 1 atom stereocenters. The maximum atomic E-state index is 14.0. The lowest BCUT2D eigenvalue weighted by atomic mass is 9.98. The van der Waals surface area contributed by atoms with Crippen LogP contribution in [0.5, 0.6) is 0 Å². The average molecular weight is 511 g/mol. The summed E-state index contributed by atoms with van der Waals surface area (Å²) in [5.41, 5.74) is 0.353. The molecule has 1 heterocycles. The SMILES string of the molecule is CC(C)CCN1C(=O)N(c2cccc3ccccc23)C(N(O)C(=O)Nc2cccc3ccccc23)C1(C)C. The minimum absolute atomic E-state index is 0.242. The van der Waals surface area contributed by atoms with Crippen LogP contribution in [-0.2, 0) is 0 Å². The van der Waals surface area contributed by atoms with Gasteiger partial charge in [-0.05, 0) is 49.1 Å². The molecule has 0 aliphatic carbocycles. The molecule has 196 valence electrons. The number of hydroxylamine groups is 2. The third-order valence-corrected chi connectivity index (χ3v) is 7.44. The van der Waals surface area contributed by atoms with Crippen molar-refractivity contribution in [2.45, 2.75) is 45.8 Å². The van der Waals surface area contributed by atoms with Gasteiger partial charge < -0.3 is 10.2 Å². The monoisotopic (exact) mass is 510 g/mol. The number of anilines is 2. The van der Waals surface area contributed by atoms with Crippen molar-refractivity contribution in [3.8, 4) is 0 Å². The minimum atomic E-state index is -0.969. The Kier molecular flexibility index (Phi) is 6.71. The Balaban J connectivity index is 1.56.